The highest BCUT2D eigenvalue weighted by Gasteiger charge is 2.49. The zero-order chi connectivity index (χ0) is 24.4. The molecule has 0 aromatic heterocycles. The lowest BCUT2D eigenvalue weighted by molar-refractivity contribution is -0.0585. The van der Waals surface area contributed by atoms with E-state index >= 15 is 0 Å². The van der Waals surface area contributed by atoms with Gasteiger partial charge in [-0.15, -0.1) is 0 Å². The molecule has 3 atom stereocenters. The third-order valence-electron chi connectivity index (χ3n) is 7.23. The largest absolute Gasteiger partial charge is 0.395 e. The predicted octanol–water partition coefficient (Wildman–Crippen LogP) is 5.09. The van der Waals surface area contributed by atoms with Gasteiger partial charge in [0, 0.05) is 37.2 Å². The number of aliphatic hydroxyl groups is 1. The normalized spacial score (nSPS) is 22.5. The topological polar surface area (TPSA) is 55.8 Å². The summed E-state index contributed by atoms with van der Waals surface area (Å²) >= 11 is 0. The zero-order valence-electron chi connectivity index (χ0n) is 19.4. The fourth-order valence-electron chi connectivity index (χ4n) is 5.44. The minimum atomic E-state index is -0.672. The first-order chi connectivity index (χ1) is 17.0. The number of aliphatic hydroxyl groups excluding tert-OH is 1. The number of fused-ring (bicyclic) bond motifs is 1. The van der Waals surface area contributed by atoms with Crippen LogP contribution in [0.5, 0.6) is 0 Å². The number of nitrogens with one attached hydrogen (secondary N) is 1. The summed E-state index contributed by atoms with van der Waals surface area (Å²) in [5.74, 6) is -1.21. The Kier molecular flexibility index (Phi) is 6.79. The first-order valence-electron chi connectivity index (χ1n) is 12.1. The average molecular weight is 478 g/mol. The highest BCUT2D eigenvalue weighted by Crippen LogP contribution is 2.42. The van der Waals surface area contributed by atoms with Crippen LogP contribution in [0.2, 0.25) is 0 Å². The summed E-state index contributed by atoms with van der Waals surface area (Å²) in [4.78, 5) is 17.0. The lowest BCUT2D eigenvalue weighted by atomic mass is 9.74. The molecule has 182 valence electrons. The van der Waals surface area contributed by atoms with Gasteiger partial charge in [-0.25, -0.2) is 13.6 Å². The second-order valence-corrected chi connectivity index (χ2v) is 9.28. The number of urea groups is 1. The molecule has 35 heavy (non-hydrogen) atoms. The van der Waals surface area contributed by atoms with Crippen molar-refractivity contribution in [1.29, 1.82) is 0 Å². The summed E-state index contributed by atoms with van der Waals surface area (Å²) in [5, 5.41) is 12.7. The number of hydrogen-bond acceptors (Lipinski definition) is 3. The van der Waals surface area contributed by atoms with Gasteiger partial charge >= 0.3 is 6.03 Å². The van der Waals surface area contributed by atoms with Crippen molar-refractivity contribution in [2.75, 3.05) is 31.6 Å². The Balaban J connectivity index is 1.35. The Hall–Kier alpha value is -3.29. The van der Waals surface area contributed by atoms with Gasteiger partial charge in [0.1, 0.15) is 11.6 Å². The molecule has 7 heteroatoms. The van der Waals surface area contributed by atoms with E-state index in [0.29, 0.717) is 13.1 Å². The van der Waals surface area contributed by atoms with Crippen LogP contribution in [0, 0.1) is 11.6 Å². The van der Waals surface area contributed by atoms with Crippen molar-refractivity contribution in [1.82, 2.24) is 9.80 Å². The number of anilines is 1. The second-order valence-electron chi connectivity index (χ2n) is 9.28. The van der Waals surface area contributed by atoms with Gasteiger partial charge in [-0.1, -0.05) is 54.6 Å². The number of carbonyl (C=O) groups excluding carboxylic acids is 1. The highest BCUT2D eigenvalue weighted by molar-refractivity contribution is 5.89. The van der Waals surface area contributed by atoms with Gasteiger partial charge in [0.25, 0.3) is 0 Å². The quantitative estimate of drug-likeness (QED) is 0.551. The van der Waals surface area contributed by atoms with E-state index in [2.05, 4.69) is 46.6 Å². The summed E-state index contributed by atoms with van der Waals surface area (Å²) in [6, 6.07) is 21.2. The minimum Gasteiger partial charge on any atom is -0.395 e. The van der Waals surface area contributed by atoms with E-state index in [1.165, 1.54) is 0 Å². The number of halogens is 2. The molecule has 5 nitrogen and oxygen atoms in total. The van der Waals surface area contributed by atoms with Crippen molar-refractivity contribution >= 4 is 11.7 Å². The van der Waals surface area contributed by atoms with Crippen LogP contribution >= 0.6 is 0 Å². The minimum absolute atomic E-state index is 0.00810. The lowest BCUT2D eigenvalue weighted by Crippen LogP contribution is -2.68. The van der Waals surface area contributed by atoms with Gasteiger partial charge in [0.05, 0.1) is 12.3 Å². The molecule has 3 aromatic carbocycles. The molecule has 0 bridgehead atoms. The molecule has 2 amide bonds. The third kappa shape index (κ3) is 4.79. The molecule has 2 saturated heterocycles. The summed E-state index contributed by atoms with van der Waals surface area (Å²) in [6.07, 6.45) is 1.70. The van der Waals surface area contributed by atoms with Gasteiger partial charge < -0.3 is 15.3 Å². The first-order valence-corrected chi connectivity index (χ1v) is 12.1. The maximum absolute atomic E-state index is 14.1. The van der Waals surface area contributed by atoms with E-state index in [1.807, 2.05) is 18.2 Å². The molecule has 0 saturated carbocycles. The van der Waals surface area contributed by atoms with E-state index < -0.39 is 17.7 Å². The third-order valence-corrected chi connectivity index (χ3v) is 7.23. The van der Waals surface area contributed by atoms with E-state index in [1.54, 1.807) is 4.90 Å². The van der Waals surface area contributed by atoms with Crippen molar-refractivity contribution in [2.45, 2.75) is 30.8 Å². The monoisotopic (exact) mass is 477 g/mol. The second kappa shape index (κ2) is 10.1. The van der Waals surface area contributed by atoms with Crippen LogP contribution in [0.4, 0.5) is 19.3 Å². The molecule has 5 rings (SSSR count). The molecule has 0 spiro atoms. The number of rotatable bonds is 4. The van der Waals surface area contributed by atoms with E-state index in [-0.39, 0.29) is 30.3 Å². The highest BCUT2D eigenvalue weighted by atomic mass is 19.1. The summed E-state index contributed by atoms with van der Waals surface area (Å²) in [5.41, 5.74) is 3.24. The van der Waals surface area contributed by atoms with Crippen LogP contribution in [0.15, 0.2) is 72.8 Å². The predicted molar refractivity (Wildman–Crippen MR) is 132 cm³/mol. The van der Waals surface area contributed by atoms with Crippen molar-refractivity contribution in [3.63, 3.8) is 0 Å². The number of carbonyl (C=O) groups is 1. The summed E-state index contributed by atoms with van der Waals surface area (Å²) in [6.45, 7) is 1.89. The number of hydrogen-bond donors (Lipinski definition) is 2. The maximum atomic E-state index is 14.1. The van der Waals surface area contributed by atoms with Crippen molar-refractivity contribution in [2.24, 2.45) is 0 Å². The Morgan fingerprint density at radius 1 is 0.943 bits per heavy atom. The molecule has 2 N–H and O–H groups in total. The Labute approximate surface area is 204 Å². The Morgan fingerprint density at radius 3 is 2.40 bits per heavy atom. The van der Waals surface area contributed by atoms with Crippen LogP contribution in [0.1, 0.15) is 24.3 Å². The van der Waals surface area contributed by atoms with Gasteiger partial charge in [0.2, 0.25) is 0 Å². The lowest BCUT2D eigenvalue weighted by Gasteiger charge is -2.57. The van der Waals surface area contributed by atoms with Crippen LogP contribution < -0.4 is 5.32 Å². The zero-order valence-corrected chi connectivity index (χ0v) is 19.4. The van der Waals surface area contributed by atoms with Crippen molar-refractivity contribution < 1.29 is 18.7 Å². The summed E-state index contributed by atoms with van der Waals surface area (Å²) < 4.78 is 27.7. The van der Waals surface area contributed by atoms with Gasteiger partial charge in [-0.05, 0) is 48.2 Å². The Morgan fingerprint density at radius 2 is 1.66 bits per heavy atom. The molecule has 2 fully saturated rings. The molecular formula is C28H29F2N3O2. The smallest absolute Gasteiger partial charge is 0.321 e. The average Bonchev–Trinajstić information content (AvgIpc) is 2.86. The summed E-state index contributed by atoms with van der Waals surface area (Å²) in [7, 11) is 0. The van der Waals surface area contributed by atoms with E-state index in [9.17, 15) is 18.7 Å². The molecule has 2 heterocycles. The molecule has 0 aliphatic carbocycles. The molecular weight excluding hydrogens is 448 g/mol. The van der Waals surface area contributed by atoms with Crippen molar-refractivity contribution in [3.05, 3.63) is 90.0 Å². The molecule has 2 aliphatic rings. The van der Waals surface area contributed by atoms with Crippen molar-refractivity contribution in [3.8, 4) is 11.1 Å². The number of amides is 2. The SMILES string of the molecule is O=C(Nc1cc(F)ccc1F)N1CCCCN2[C@@H](CO)[C@H](c3ccc(-c4ccccc4)cc3)[C@@H]2C1. The Bertz CT molecular complexity index is 1170. The van der Waals surface area contributed by atoms with Crippen LogP contribution in [0.3, 0.4) is 0 Å². The first kappa shape index (κ1) is 23.5. The van der Waals surface area contributed by atoms with Crippen LogP contribution in [-0.2, 0) is 0 Å². The molecule has 0 radical (unpaired) electrons. The fraction of sp³-hybridized carbons (Fsp3) is 0.321. The number of nitrogens with zero attached hydrogens (tertiary/aromatic N) is 2. The van der Waals surface area contributed by atoms with E-state index in [0.717, 1.165) is 54.3 Å². The fourth-order valence-corrected chi connectivity index (χ4v) is 5.44. The van der Waals surface area contributed by atoms with Crippen LogP contribution in [-0.4, -0.2) is 59.3 Å². The number of benzene rings is 3. The maximum Gasteiger partial charge on any atom is 0.321 e. The van der Waals surface area contributed by atoms with Gasteiger partial charge in [0.15, 0.2) is 0 Å². The molecule has 2 aliphatic heterocycles. The standard InChI is InChI=1S/C28H29F2N3O2/c29-22-12-13-23(30)24(16-22)31-28(35)32-14-4-5-15-33-25(17-32)27(26(33)18-34)21-10-8-20(9-11-21)19-6-2-1-3-7-19/h1-3,6-13,16,25-27,34H,4-5,14-15,17-18H2,(H,31,35)/t25-,26-,27+/m0/s1. The van der Waals surface area contributed by atoms with E-state index in [4.69, 9.17) is 0 Å². The van der Waals surface area contributed by atoms with Gasteiger partial charge in [-0.3, -0.25) is 4.90 Å². The van der Waals surface area contributed by atoms with Crippen LogP contribution in [0.25, 0.3) is 11.1 Å². The van der Waals surface area contributed by atoms with Gasteiger partial charge in [-0.2, -0.15) is 0 Å². The molecule has 3 aromatic rings. The molecule has 0 unspecified atom stereocenters.